The Hall–Kier alpha value is -2.86. The lowest BCUT2D eigenvalue weighted by molar-refractivity contribution is -0.152. The van der Waals surface area contributed by atoms with Gasteiger partial charge >= 0.3 is 5.97 Å². The number of benzene rings is 2. The van der Waals surface area contributed by atoms with Gasteiger partial charge in [-0.25, -0.2) is 0 Å². The molecule has 1 aliphatic rings. The third-order valence-electron chi connectivity index (χ3n) is 4.60. The van der Waals surface area contributed by atoms with E-state index in [0.29, 0.717) is 10.6 Å². The number of nitrogens with one attached hydrogen (secondary N) is 1. The van der Waals surface area contributed by atoms with Crippen LogP contribution in [0, 0.1) is 0 Å². The van der Waals surface area contributed by atoms with Crippen LogP contribution in [0.1, 0.15) is 29.8 Å². The molecule has 0 radical (unpaired) electrons. The molecular formula is C21H21ClN2O4. The highest BCUT2D eigenvalue weighted by Gasteiger charge is 2.34. The summed E-state index contributed by atoms with van der Waals surface area (Å²) in [6.07, 6.45) is -0.187. The number of carbonyl (C=O) groups is 3. The molecule has 146 valence electrons. The summed E-state index contributed by atoms with van der Waals surface area (Å²) in [4.78, 5) is 38.6. The monoisotopic (exact) mass is 400 g/mol. The summed E-state index contributed by atoms with van der Waals surface area (Å²) in [6, 6.07) is 14.0. The molecule has 6 nitrogen and oxygen atoms in total. The Morgan fingerprint density at radius 1 is 1.18 bits per heavy atom. The number of para-hydroxylation sites is 1. The summed E-state index contributed by atoms with van der Waals surface area (Å²) in [6.45, 7) is 3.17. The fraction of sp³-hybridized carbons (Fsp3) is 0.286. The van der Waals surface area contributed by atoms with Crippen LogP contribution < -0.4 is 10.2 Å². The Balaban J connectivity index is 1.55. The first kappa shape index (κ1) is 19.9. The number of halogens is 1. The zero-order chi connectivity index (χ0) is 20.3. The minimum atomic E-state index is -0.950. The van der Waals surface area contributed by atoms with Crippen LogP contribution in [0.4, 0.5) is 5.69 Å². The number of hydrogen-bond donors (Lipinski definition) is 1. The highest BCUT2D eigenvalue weighted by atomic mass is 35.5. The number of nitrogens with zero attached hydrogens (tertiary/aromatic N) is 1. The van der Waals surface area contributed by atoms with Gasteiger partial charge in [0.25, 0.3) is 11.8 Å². The fourth-order valence-electron chi connectivity index (χ4n) is 3.24. The molecule has 0 aliphatic carbocycles. The first-order valence-electron chi connectivity index (χ1n) is 9.01. The Morgan fingerprint density at radius 3 is 2.57 bits per heavy atom. The zero-order valence-corrected chi connectivity index (χ0v) is 16.4. The van der Waals surface area contributed by atoms with Gasteiger partial charge in [-0.3, -0.25) is 14.4 Å². The molecule has 3 rings (SSSR count). The summed E-state index contributed by atoms with van der Waals surface area (Å²) in [7, 11) is 0. The minimum absolute atomic E-state index is 0.00402. The van der Waals surface area contributed by atoms with Crippen molar-refractivity contribution in [2.45, 2.75) is 32.4 Å². The van der Waals surface area contributed by atoms with Crippen molar-refractivity contribution in [2.24, 2.45) is 0 Å². The summed E-state index contributed by atoms with van der Waals surface area (Å²) < 4.78 is 5.23. The molecule has 0 aromatic heterocycles. The summed E-state index contributed by atoms with van der Waals surface area (Å²) in [5, 5.41) is 2.99. The van der Waals surface area contributed by atoms with E-state index in [1.807, 2.05) is 31.2 Å². The Kier molecular flexibility index (Phi) is 5.99. The topological polar surface area (TPSA) is 75.7 Å². The van der Waals surface area contributed by atoms with Crippen LogP contribution in [0.3, 0.4) is 0 Å². The van der Waals surface area contributed by atoms with Crippen molar-refractivity contribution in [3.8, 4) is 0 Å². The van der Waals surface area contributed by atoms with Crippen molar-refractivity contribution in [3.63, 3.8) is 0 Å². The highest BCUT2D eigenvalue weighted by Crippen LogP contribution is 2.32. The van der Waals surface area contributed by atoms with Crippen molar-refractivity contribution in [1.29, 1.82) is 0 Å². The summed E-state index contributed by atoms with van der Waals surface area (Å²) in [5.74, 6) is -1.38. The molecule has 2 aromatic rings. The predicted molar refractivity (Wildman–Crippen MR) is 106 cm³/mol. The molecule has 2 amide bonds. The summed E-state index contributed by atoms with van der Waals surface area (Å²) in [5.41, 5.74) is 2.32. The number of hydrogen-bond acceptors (Lipinski definition) is 4. The largest absolute Gasteiger partial charge is 0.451 e. The second-order valence-electron chi connectivity index (χ2n) is 6.71. The molecule has 0 saturated carbocycles. The lowest BCUT2D eigenvalue weighted by Gasteiger charge is -2.26. The van der Waals surface area contributed by atoms with Gasteiger partial charge in [0.2, 0.25) is 0 Å². The second-order valence-corrected chi connectivity index (χ2v) is 7.15. The van der Waals surface area contributed by atoms with Crippen LogP contribution in [0.25, 0.3) is 0 Å². The molecule has 7 heteroatoms. The molecule has 1 heterocycles. The maximum absolute atomic E-state index is 12.8. The smallest absolute Gasteiger partial charge is 0.326 e. The third-order valence-corrected chi connectivity index (χ3v) is 4.85. The van der Waals surface area contributed by atoms with Gasteiger partial charge in [-0.2, -0.15) is 0 Å². The molecule has 2 aromatic carbocycles. The first-order chi connectivity index (χ1) is 13.4. The van der Waals surface area contributed by atoms with Gasteiger partial charge in [-0.15, -0.1) is 0 Å². The standard InChI is InChI=1S/C21H21ClN2O4/c1-13-11-16-5-3-4-6-18(16)24(13)21(27)14(2)28-19(25)12-23-20(26)15-7-9-17(22)10-8-15/h3-10,13-14H,11-12H2,1-2H3,(H,23,26)/t13-,14+/m0/s1. The van der Waals surface area contributed by atoms with Crippen molar-refractivity contribution >= 4 is 35.1 Å². The molecular weight excluding hydrogens is 380 g/mol. The van der Waals surface area contributed by atoms with Gasteiger partial charge in [-0.05, 0) is 56.2 Å². The molecule has 0 unspecified atom stereocenters. The maximum atomic E-state index is 12.8. The first-order valence-corrected chi connectivity index (χ1v) is 9.39. The van der Waals surface area contributed by atoms with Gasteiger partial charge in [0.05, 0.1) is 0 Å². The Bertz CT molecular complexity index is 898. The van der Waals surface area contributed by atoms with Gasteiger partial charge in [0.15, 0.2) is 6.10 Å². The van der Waals surface area contributed by atoms with E-state index in [2.05, 4.69) is 5.32 Å². The van der Waals surface area contributed by atoms with E-state index in [0.717, 1.165) is 17.7 Å². The van der Waals surface area contributed by atoms with E-state index in [-0.39, 0.29) is 18.5 Å². The van der Waals surface area contributed by atoms with Crippen LogP contribution in [0.2, 0.25) is 5.02 Å². The number of carbonyl (C=O) groups excluding carboxylic acids is 3. The van der Waals surface area contributed by atoms with E-state index < -0.39 is 18.0 Å². The quantitative estimate of drug-likeness (QED) is 0.783. The van der Waals surface area contributed by atoms with Gasteiger partial charge in [0, 0.05) is 22.3 Å². The van der Waals surface area contributed by atoms with Crippen molar-refractivity contribution < 1.29 is 19.1 Å². The summed E-state index contributed by atoms with van der Waals surface area (Å²) >= 11 is 5.78. The Morgan fingerprint density at radius 2 is 1.86 bits per heavy atom. The van der Waals surface area contributed by atoms with Crippen LogP contribution in [-0.2, 0) is 20.7 Å². The average Bonchev–Trinajstić information content (AvgIpc) is 3.01. The third kappa shape index (κ3) is 4.34. The highest BCUT2D eigenvalue weighted by molar-refractivity contribution is 6.30. The fourth-order valence-corrected chi connectivity index (χ4v) is 3.37. The van der Waals surface area contributed by atoms with E-state index in [9.17, 15) is 14.4 Å². The van der Waals surface area contributed by atoms with Gasteiger partial charge in [0.1, 0.15) is 6.54 Å². The molecule has 0 bridgehead atoms. The molecule has 2 atom stereocenters. The second kappa shape index (κ2) is 8.44. The maximum Gasteiger partial charge on any atom is 0.326 e. The van der Waals surface area contributed by atoms with E-state index in [4.69, 9.17) is 16.3 Å². The van der Waals surface area contributed by atoms with Crippen LogP contribution >= 0.6 is 11.6 Å². The lowest BCUT2D eigenvalue weighted by atomic mass is 10.1. The number of rotatable bonds is 5. The van der Waals surface area contributed by atoms with E-state index in [1.165, 1.54) is 6.92 Å². The Labute approximate surface area is 168 Å². The number of esters is 1. The lowest BCUT2D eigenvalue weighted by Crippen LogP contribution is -2.44. The molecule has 0 saturated heterocycles. The SMILES string of the molecule is C[C@@H](OC(=O)CNC(=O)c1ccc(Cl)cc1)C(=O)N1c2ccccc2C[C@@H]1C. The number of ether oxygens (including phenoxy) is 1. The van der Waals surface area contributed by atoms with Gasteiger partial charge in [-0.1, -0.05) is 29.8 Å². The van der Waals surface area contributed by atoms with E-state index >= 15 is 0 Å². The zero-order valence-electron chi connectivity index (χ0n) is 15.6. The predicted octanol–water partition coefficient (Wildman–Crippen LogP) is 2.98. The number of amides is 2. The van der Waals surface area contributed by atoms with Crippen LogP contribution in [0.15, 0.2) is 48.5 Å². The molecule has 28 heavy (non-hydrogen) atoms. The van der Waals surface area contributed by atoms with Crippen molar-refractivity contribution in [1.82, 2.24) is 5.32 Å². The normalized spacial score (nSPS) is 16.2. The van der Waals surface area contributed by atoms with Crippen LogP contribution in [0.5, 0.6) is 0 Å². The molecule has 1 N–H and O–H groups in total. The van der Waals surface area contributed by atoms with Crippen molar-refractivity contribution in [2.75, 3.05) is 11.4 Å². The van der Waals surface area contributed by atoms with Gasteiger partial charge < -0.3 is 15.0 Å². The van der Waals surface area contributed by atoms with Crippen LogP contribution in [-0.4, -0.2) is 36.5 Å². The molecule has 0 spiro atoms. The molecule has 0 fully saturated rings. The number of anilines is 1. The van der Waals surface area contributed by atoms with Crippen molar-refractivity contribution in [3.05, 3.63) is 64.7 Å². The minimum Gasteiger partial charge on any atom is -0.451 e. The molecule has 1 aliphatic heterocycles. The number of fused-ring (bicyclic) bond motifs is 1. The average molecular weight is 401 g/mol. The van der Waals surface area contributed by atoms with E-state index in [1.54, 1.807) is 29.2 Å².